The first-order valence-corrected chi connectivity index (χ1v) is 9.10. The predicted octanol–water partition coefficient (Wildman–Crippen LogP) is 1.09. The maximum Gasteiger partial charge on any atom is 0.327 e. The summed E-state index contributed by atoms with van der Waals surface area (Å²) in [5.41, 5.74) is 8.39. The number of nitrogens with two attached hydrogens (primary N) is 1. The molecule has 0 bridgehead atoms. The van der Waals surface area contributed by atoms with Crippen molar-refractivity contribution < 1.29 is 14.5 Å². The van der Waals surface area contributed by atoms with Crippen LogP contribution in [0.1, 0.15) is 28.6 Å². The van der Waals surface area contributed by atoms with Gasteiger partial charge in [-0.3, -0.25) is 20.2 Å². The van der Waals surface area contributed by atoms with Crippen LogP contribution in [0.25, 0.3) is 0 Å². The van der Waals surface area contributed by atoms with Gasteiger partial charge in [0, 0.05) is 25.2 Å². The number of aromatic nitrogens is 4. The summed E-state index contributed by atoms with van der Waals surface area (Å²) < 4.78 is 6.03. The zero-order valence-electron chi connectivity index (χ0n) is 16.3. The molecular weight excluding hydrogens is 390 g/mol. The molecule has 0 aliphatic carbocycles. The Balaban J connectivity index is 1.91. The van der Waals surface area contributed by atoms with Crippen molar-refractivity contribution in [2.75, 3.05) is 7.11 Å². The minimum Gasteiger partial charge on any atom is -0.468 e. The number of nitrogens with one attached hydrogen (secondary N) is 1. The van der Waals surface area contributed by atoms with Crippen LogP contribution in [0, 0.1) is 10.1 Å². The predicted molar refractivity (Wildman–Crippen MR) is 106 cm³/mol. The Morgan fingerprint density at radius 2 is 2.00 bits per heavy atom. The molecule has 30 heavy (non-hydrogen) atoms. The summed E-state index contributed by atoms with van der Waals surface area (Å²) in [6.07, 6.45) is 0. The van der Waals surface area contributed by atoms with Crippen LogP contribution >= 0.6 is 0 Å². The average Bonchev–Trinajstić information content (AvgIpc) is 3.22. The molecule has 0 aliphatic rings. The Labute approximate surface area is 172 Å². The lowest BCUT2D eigenvalue weighted by Crippen LogP contribution is -2.27. The number of esters is 1. The molecule has 2 aromatic carbocycles. The lowest BCUT2D eigenvalue weighted by Gasteiger charge is -2.19. The van der Waals surface area contributed by atoms with Crippen molar-refractivity contribution in [3.63, 3.8) is 0 Å². The third-order valence-corrected chi connectivity index (χ3v) is 4.50. The number of carbonyl (C=O) groups excluding carboxylic acids is 1. The molecule has 1 heterocycles. The van der Waals surface area contributed by atoms with E-state index in [1.54, 1.807) is 12.1 Å². The molecule has 3 aromatic rings. The number of nitrogens with zero attached hydrogens (tertiary/aromatic N) is 5. The van der Waals surface area contributed by atoms with Gasteiger partial charge in [-0.05, 0) is 27.1 Å². The van der Waals surface area contributed by atoms with Gasteiger partial charge >= 0.3 is 5.97 Å². The maximum absolute atomic E-state index is 11.7. The first-order valence-electron chi connectivity index (χ1n) is 9.10. The van der Waals surface area contributed by atoms with Gasteiger partial charge in [0.15, 0.2) is 5.82 Å². The fraction of sp³-hybridized carbons (Fsp3) is 0.263. The monoisotopic (exact) mass is 411 g/mol. The molecule has 0 spiro atoms. The summed E-state index contributed by atoms with van der Waals surface area (Å²) >= 11 is 0. The van der Waals surface area contributed by atoms with E-state index < -0.39 is 16.9 Å². The van der Waals surface area contributed by atoms with Gasteiger partial charge in [0.05, 0.1) is 18.1 Å². The Bertz CT molecular complexity index is 1020. The number of tetrazole rings is 1. The smallest absolute Gasteiger partial charge is 0.327 e. The van der Waals surface area contributed by atoms with E-state index in [4.69, 9.17) is 10.5 Å². The van der Waals surface area contributed by atoms with Crippen LogP contribution in [-0.2, 0) is 29.2 Å². The molecule has 1 atom stereocenters. The van der Waals surface area contributed by atoms with Gasteiger partial charge in [-0.15, -0.1) is 5.10 Å². The number of carbonyl (C=O) groups is 1. The molecule has 11 heteroatoms. The minimum absolute atomic E-state index is 0.0256. The van der Waals surface area contributed by atoms with E-state index in [0.29, 0.717) is 24.5 Å². The van der Waals surface area contributed by atoms with Crippen LogP contribution in [0.4, 0.5) is 5.69 Å². The van der Waals surface area contributed by atoms with E-state index in [2.05, 4.69) is 20.8 Å². The number of nitro groups is 1. The lowest BCUT2D eigenvalue weighted by molar-refractivity contribution is -0.384. The van der Waals surface area contributed by atoms with E-state index in [0.717, 1.165) is 11.1 Å². The number of methoxy groups -OCH3 is 1. The second-order valence-electron chi connectivity index (χ2n) is 6.46. The van der Waals surface area contributed by atoms with Crippen LogP contribution in [-0.4, -0.2) is 38.2 Å². The molecule has 0 saturated carbocycles. The normalized spacial score (nSPS) is 11.8. The highest BCUT2D eigenvalue weighted by Crippen LogP contribution is 2.23. The number of hydrogen-bond acceptors (Lipinski definition) is 9. The Morgan fingerprint density at radius 1 is 1.27 bits per heavy atom. The summed E-state index contributed by atoms with van der Waals surface area (Å²) in [5, 5.41) is 25.9. The fourth-order valence-electron chi connectivity index (χ4n) is 2.95. The van der Waals surface area contributed by atoms with Crippen molar-refractivity contribution in [2.24, 2.45) is 5.73 Å². The van der Waals surface area contributed by atoms with Crippen LogP contribution in [0.2, 0.25) is 0 Å². The van der Waals surface area contributed by atoms with E-state index >= 15 is 0 Å². The van der Waals surface area contributed by atoms with Crippen molar-refractivity contribution in [3.8, 4) is 0 Å². The second-order valence-corrected chi connectivity index (χ2v) is 6.46. The van der Waals surface area contributed by atoms with Gasteiger partial charge in [-0.1, -0.05) is 36.4 Å². The third kappa shape index (κ3) is 5.01. The van der Waals surface area contributed by atoms with Crippen molar-refractivity contribution in [1.82, 2.24) is 25.5 Å². The average molecular weight is 411 g/mol. The Morgan fingerprint density at radius 3 is 2.67 bits per heavy atom. The number of rotatable bonds is 9. The Hall–Kier alpha value is -3.70. The van der Waals surface area contributed by atoms with Gasteiger partial charge in [0.2, 0.25) is 0 Å². The summed E-state index contributed by atoms with van der Waals surface area (Å²) in [6, 6.07) is 13.4. The first kappa shape index (κ1) is 21.0. The van der Waals surface area contributed by atoms with E-state index in [9.17, 15) is 14.9 Å². The van der Waals surface area contributed by atoms with Gasteiger partial charge in [0.1, 0.15) is 6.54 Å². The zero-order valence-corrected chi connectivity index (χ0v) is 16.3. The van der Waals surface area contributed by atoms with Crippen molar-refractivity contribution >= 4 is 11.7 Å². The largest absolute Gasteiger partial charge is 0.468 e. The van der Waals surface area contributed by atoms with Crippen LogP contribution < -0.4 is 11.1 Å². The standard InChI is InChI=1S/C19H21N7O4/c1-30-17(27)12-25-19(22-23-24-25)18(15-5-7-16(8-6-15)26(28)29)21-11-14-4-2-3-13(9-14)10-20/h2-9,18,21H,10-12,20H2,1H3. The molecule has 0 radical (unpaired) electrons. The number of ether oxygens (including phenoxy) is 1. The van der Waals surface area contributed by atoms with Gasteiger partial charge in [-0.25, -0.2) is 4.68 Å². The summed E-state index contributed by atoms with van der Waals surface area (Å²) in [5.74, 6) is -0.120. The van der Waals surface area contributed by atoms with E-state index in [-0.39, 0.29) is 12.2 Å². The fourth-order valence-corrected chi connectivity index (χ4v) is 2.95. The Kier molecular flexibility index (Phi) is 6.78. The SMILES string of the molecule is COC(=O)Cn1nnnc1C(NCc1cccc(CN)c1)c1ccc([N+](=O)[O-])cc1. The molecule has 0 fully saturated rings. The first-order chi connectivity index (χ1) is 14.5. The van der Waals surface area contributed by atoms with Crippen molar-refractivity contribution in [3.05, 3.63) is 81.2 Å². The highest BCUT2D eigenvalue weighted by atomic mass is 16.6. The number of nitro benzene ring substituents is 1. The molecule has 156 valence electrons. The zero-order chi connectivity index (χ0) is 21.5. The summed E-state index contributed by atoms with van der Waals surface area (Å²) in [7, 11) is 1.28. The van der Waals surface area contributed by atoms with Crippen LogP contribution in [0.15, 0.2) is 48.5 Å². The second kappa shape index (κ2) is 9.67. The summed E-state index contributed by atoms with van der Waals surface area (Å²) in [6.45, 7) is 0.726. The molecule has 1 aromatic heterocycles. The maximum atomic E-state index is 11.7. The molecule has 3 N–H and O–H groups in total. The summed E-state index contributed by atoms with van der Waals surface area (Å²) in [4.78, 5) is 22.2. The molecule has 0 saturated heterocycles. The number of non-ortho nitro benzene ring substituents is 1. The van der Waals surface area contributed by atoms with Crippen LogP contribution in [0.5, 0.6) is 0 Å². The van der Waals surface area contributed by atoms with E-state index in [1.807, 2.05) is 24.3 Å². The van der Waals surface area contributed by atoms with E-state index in [1.165, 1.54) is 23.9 Å². The molecule has 11 nitrogen and oxygen atoms in total. The molecule has 0 amide bonds. The highest BCUT2D eigenvalue weighted by Gasteiger charge is 2.23. The lowest BCUT2D eigenvalue weighted by atomic mass is 10.0. The topological polar surface area (TPSA) is 151 Å². The van der Waals surface area contributed by atoms with Crippen molar-refractivity contribution in [1.29, 1.82) is 0 Å². The number of benzene rings is 2. The molecule has 0 aliphatic heterocycles. The minimum atomic E-state index is -0.521. The highest BCUT2D eigenvalue weighted by molar-refractivity contribution is 5.68. The third-order valence-electron chi connectivity index (χ3n) is 4.50. The number of hydrogen-bond donors (Lipinski definition) is 2. The quantitative estimate of drug-likeness (QED) is 0.299. The van der Waals surface area contributed by atoms with Gasteiger partial charge in [-0.2, -0.15) is 0 Å². The van der Waals surface area contributed by atoms with Gasteiger partial charge < -0.3 is 10.5 Å². The molecule has 3 rings (SSSR count). The van der Waals surface area contributed by atoms with Gasteiger partial charge in [0.25, 0.3) is 5.69 Å². The van der Waals surface area contributed by atoms with Crippen molar-refractivity contribution in [2.45, 2.75) is 25.7 Å². The molecule has 1 unspecified atom stereocenters. The molecular formula is C19H21N7O4. The van der Waals surface area contributed by atoms with Crippen LogP contribution in [0.3, 0.4) is 0 Å².